The zero-order chi connectivity index (χ0) is 13.4. The lowest BCUT2D eigenvalue weighted by Crippen LogP contribution is -2.44. The van der Waals surface area contributed by atoms with Gasteiger partial charge in [-0.3, -0.25) is 4.57 Å². The van der Waals surface area contributed by atoms with Gasteiger partial charge in [0.25, 0.3) is 0 Å². The molecule has 1 saturated heterocycles. The Bertz CT molecular complexity index is 486. The van der Waals surface area contributed by atoms with Gasteiger partial charge in [-0.2, -0.15) is 0 Å². The third-order valence-corrected chi connectivity index (χ3v) is 5.29. The highest BCUT2D eigenvalue weighted by atomic mass is 32.1. The number of hydrogen-bond acceptors (Lipinski definition) is 3. The highest BCUT2D eigenvalue weighted by Crippen LogP contribution is 2.35. The maximum atomic E-state index is 5.47. The molecule has 0 bridgehead atoms. The molecule has 3 rings (SSSR count). The third kappa shape index (κ3) is 2.33. The Morgan fingerprint density at radius 1 is 1.16 bits per heavy atom. The number of hydrogen-bond donors (Lipinski definition) is 1. The van der Waals surface area contributed by atoms with Crippen LogP contribution in [0, 0.1) is 10.7 Å². The average molecular weight is 280 g/mol. The second kappa shape index (κ2) is 5.27. The molecule has 1 aliphatic carbocycles. The molecule has 0 spiro atoms. The minimum atomic E-state index is 0.555. The molecule has 4 nitrogen and oxygen atoms in total. The van der Waals surface area contributed by atoms with Crippen molar-refractivity contribution in [1.82, 2.24) is 14.8 Å². The second-order valence-electron chi connectivity index (χ2n) is 6.19. The molecule has 106 valence electrons. The molecule has 2 atom stereocenters. The van der Waals surface area contributed by atoms with Crippen LogP contribution in [0.25, 0.3) is 0 Å². The summed E-state index contributed by atoms with van der Waals surface area (Å²) in [7, 11) is 0. The zero-order valence-electron chi connectivity index (χ0n) is 11.9. The van der Waals surface area contributed by atoms with E-state index in [1.807, 2.05) is 0 Å². The van der Waals surface area contributed by atoms with Crippen molar-refractivity contribution >= 4 is 18.2 Å². The zero-order valence-corrected chi connectivity index (χ0v) is 12.7. The van der Waals surface area contributed by atoms with Gasteiger partial charge in [-0.15, -0.1) is 5.10 Å². The standard InChI is InChI=1S/C14H24N4S/c1-10-6-5-9-17(11(10)2)13-15-16-14(19)18(13)12-7-3-4-8-12/h10-12H,3-9H2,1-2H3,(H,16,19). The number of nitrogens with one attached hydrogen (secondary N) is 1. The van der Waals surface area contributed by atoms with Gasteiger partial charge < -0.3 is 4.90 Å². The summed E-state index contributed by atoms with van der Waals surface area (Å²) >= 11 is 5.47. The summed E-state index contributed by atoms with van der Waals surface area (Å²) < 4.78 is 3.09. The Balaban J connectivity index is 1.94. The smallest absolute Gasteiger partial charge is 0.226 e. The van der Waals surface area contributed by atoms with Gasteiger partial charge in [-0.05, 0) is 50.7 Å². The van der Waals surface area contributed by atoms with Crippen LogP contribution in [0.1, 0.15) is 58.4 Å². The molecule has 2 aliphatic rings. The van der Waals surface area contributed by atoms with E-state index in [0.29, 0.717) is 12.1 Å². The van der Waals surface area contributed by atoms with Crippen LogP contribution in [0.5, 0.6) is 0 Å². The minimum Gasteiger partial charge on any atom is -0.338 e. The molecular formula is C14H24N4S. The molecule has 1 aromatic rings. The maximum absolute atomic E-state index is 5.47. The van der Waals surface area contributed by atoms with Crippen LogP contribution in [-0.4, -0.2) is 27.4 Å². The van der Waals surface area contributed by atoms with Gasteiger partial charge in [-0.25, -0.2) is 5.10 Å². The predicted octanol–water partition coefficient (Wildman–Crippen LogP) is 3.68. The molecule has 19 heavy (non-hydrogen) atoms. The van der Waals surface area contributed by atoms with Gasteiger partial charge in [0.2, 0.25) is 5.95 Å². The van der Waals surface area contributed by atoms with Crippen molar-refractivity contribution in [3.63, 3.8) is 0 Å². The molecule has 2 heterocycles. The van der Waals surface area contributed by atoms with E-state index in [1.165, 1.54) is 38.5 Å². The fourth-order valence-electron chi connectivity index (χ4n) is 3.61. The van der Waals surface area contributed by atoms with Gasteiger partial charge in [0.1, 0.15) is 0 Å². The van der Waals surface area contributed by atoms with Crippen molar-refractivity contribution in [2.45, 2.75) is 64.5 Å². The monoisotopic (exact) mass is 280 g/mol. The number of rotatable bonds is 2. The summed E-state index contributed by atoms with van der Waals surface area (Å²) in [6, 6.07) is 1.12. The number of aromatic amines is 1. The first kappa shape index (κ1) is 13.2. The molecule has 1 aromatic heterocycles. The first-order chi connectivity index (χ1) is 9.18. The van der Waals surface area contributed by atoms with Crippen molar-refractivity contribution in [3.8, 4) is 0 Å². The third-order valence-electron chi connectivity index (χ3n) is 5.01. The quantitative estimate of drug-likeness (QED) is 0.840. The van der Waals surface area contributed by atoms with Crippen LogP contribution in [0.2, 0.25) is 0 Å². The Kier molecular flexibility index (Phi) is 3.65. The number of nitrogens with zero attached hydrogens (tertiary/aromatic N) is 3. The van der Waals surface area contributed by atoms with E-state index in [2.05, 4.69) is 33.5 Å². The summed E-state index contributed by atoms with van der Waals surface area (Å²) in [5, 5.41) is 7.56. The molecule has 2 fully saturated rings. The molecule has 5 heteroatoms. The van der Waals surface area contributed by atoms with Crippen LogP contribution in [0.4, 0.5) is 5.95 Å². The average Bonchev–Trinajstić information content (AvgIpc) is 3.02. The lowest BCUT2D eigenvalue weighted by Gasteiger charge is -2.39. The van der Waals surface area contributed by atoms with Gasteiger partial charge >= 0.3 is 0 Å². The summed E-state index contributed by atoms with van der Waals surface area (Å²) in [5.74, 6) is 1.81. The maximum Gasteiger partial charge on any atom is 0.226 e. The minimum absolute atomic E-state index is 0.555. The van der Waals surface area contributed by atoms with E-state index < -0.39 is 0 Å². The summed E-state index contributed by atoms with van der Waals surface area (Å²) in [6.45, 7) is 5.77. The Morgan fingerprint density at radius 3 is 2.63 bits per heavy atom. The predicted molar refractivity (Wildman–Crippen MR) is 80.1 cm³/mol. The SMILES string of the molecule is CC1CCCN(c2n[nH]c(=S)n2C2CCCC2)C1C. The van der Waals surface area contributed by atoms with Crippen molar-refractivity contribution in [2.75, 3.05) is 11.4 Å². The molecule has 1 saturated carbocycles. The molecule has 0 radical (unpaired) electrons. The van der Waals surface area contributed by atoms with E-state index in [4.69, 9.17) is 12.2 Å². The van der Waals surface area contributed by atoms with Gasteiger partial charge in [0.15, 0.2) is 4.77 Å². The number of piperidine rings is 1. The van der Waals surface area contributed by atoms with Gasteiger partial charge in [0.05, 0.1) is 0 Å². The lowest BCUT2D eigenvalue weighted by molar-refractivity contribution is 0.352. The van der Waals surface area contributed by atoms with E-state index >= 15 is 0 Å². The van der Waals surface area contributed by atoms with E-state index in [9.17, 15) is 0 Å². The summed E-state index contributed by atoms with van der Waals surface area (Å²) in [5.41, 5.74) is 0. The Hall–Kier alpha value is -0.840. The van der Waals surface area contributed by atoms with E-state index in [-0.39, 0.29) is 0 Å². The van der Waals surface area contributed by atoms with E-state index in [1.54, 1.807) is 0 Å². The van der Waals surface area contributed by atoms with Gasteiger partial charge in [0, 0.05) is 18.6 Å². The fraction of sp³-hybridized carbons (Fsp3) is 0.857. The number of anilines is 1. The summed E-state index contributed by atoms with van der Waals surface area (Å²) in [4.78, 5) is 2.46. The Morgan fingerprint density at radius 2 is 1.89 bits per heavy atom. The van der Waals surface area contributed by atoms with Crippen molar-refractivity contribution in [3.05, 3.63) is 4.77 Å². The highest BCUT2D eigenvalue weighted by Gasteiger charge is 2.30. The molecule has 1 aliphatic heterocycles. The normalized spacial score (nSPS) is 29.1. The molecule has 1 N–H and O–H groups in total. The fourth-order valence-corrected chi connectivity index (χ4v) is 3.88. The summed E-state index contributed by atoms with van der Waals surface area (Å²) in [6.07, 6.45) is 7.73. The van der Waals surface area contributed by atoms with Crippen LogP contribution < -0.4 is 4.90 Å². The lowest BCUT2D eigenvalue weighted by atomic mass is 9.92. The van der Waals surface area contributed by atoms with Gasteiger partial charge in [-0.1, -0.05) is 19.8 Å². The second-order valence-corrected chi connectivity index (χ2v) is 6.58. The number of H-pyrrole nitrogens is 1. The van der Waals surface area contributed by atoms with Crippen molar-refractivity contribution in [2.24, 2.45) is 5.92 Å². The first-order valence-corrected chi connectivity index (χ1v) is 8.03. The Labute approximate surface area is 120 Å². The van der Waals surface area contributed by atoms with E-state index in [0.717, 1.165) is 23.2 Å². The molecule has 0 amide bonds. The number of aromatic nitrogens is 3. The molecule has 2 unspecified atom stereocenters. The van der Waals surface area contributed by atoms with Crippen molar-refractivity contribution in [1.29, 1.82) is 0 Å². The van der Waals surface area contributed by atoms with Crippen LogP contribution >= 0.6 is 12.2 Å². The van der Waals surface area contributed by atoms with Crippen LogP contribution in [-0.2, 0) is 0 Å². The van der Waals surface area contributed by atoms with Crippen LogP contribution in [0.15, 0.2) is 0 Å². The van der Waals surface area contributed by atoms with Crippen LogP contribution in [0.3, 0.4) is 0 Å². The largest absolute Gasteiger partial charge is 0.338 e. The highest BCUT2D eigenvalue weighted by molar-refractivity contribution is 7.71. The molecular weight excluding hydrogens is 256 g/mol. The molecule has 0 aromatic carbocycles. The topological polar surface area (TPSA) is 36.9 Å². The first-order valence-electron chi connectivity index (χ1n) is 7.62. The van der Waals surface area contributed by atoms with Crippen molar-refractivity contribution < 1.29 is 0 Å².